The van der Waals surface area contributed by atoms with Gasteiger partial charge in [0.2, 0.25) is 5.91 Å². The summed E-state index contributed by atoms with van der Waals surface area (Å²) in [4.78, 5) is 15.2. The lowest BCUT2D eigenvalue weighted by Crippen LogP contribution is -2.23. The molecule has 0 spiro atoms. The minimum Gasteiger partial charge on any atom is -0.350 e. The lowest BCUT2D eigenvalue weighted by atomic mass is 10.1. The van der Waals surface area contributed by atoms with Crippen LogP contribution in [0.15, 0.2) is 61.1 Å². The van der Waals surface area contributed by atoms with Gasteiger partial charge in [0.25, 0.3) is 0 Å². The van der Waals surface area contributed by atoms with Crippen LogP contribution in [-0.2, 0) is 4.79 Å². The van der Waals surface area contributed by atoms with Gasteiger partial charge in [-0.25, -0.2) is 4.68 Å². The van der Waals surface area contributed by atoms with E-state index in [0.29, 0.717) is 0 Å². The van der Waals surface area contributed by atoms with Crippen LogP contribution in [0.2, 0.25) is 0 Å². The first-order valence-corrected chi connectivity index (χ1v) is 7.47. The van der Waals surface area contributed by atoms with Crippen LogP contribution in [0.3, 0.4) is 0 Å². The highest BCUT2D eigenvalue weighted by atomic mass is 16.1. The van der Waals surface area contributed by atoms with Crippen LogP contribution in [0.25, 0.3) is 16.9 Å². The van der Waals surface area contributed by atoms with E-state index >= 15 is 0 Å². The third kappa shape index (κ3) is 3.45. The summed E-state index contributed by atoms with van der Waals surface area (Å²) in [5.74, 6) is -0.0326. The summed E-state index contributed by atoms with van der Waals surface area (Å²) >= 11 is 0. The summed E-state index contributed by atoms with van der Waals surface area (Å²) in [6, 6.07) is 13.8. The fraction of sp³-hybridized carbons (Fsp3) is 0.167. The van der Waals surface area contributed by atoms with Gasteiger partial charge in [-0.3, -0.25) is 9.78 Å². The summed E-state index contributed by atoms with van der Waals surface area (Å²) in [6.07, 6.45) is 5.47. The standard InChI is InChI=1S/C18H18N4O/c1-13(20-14(2)23)15-5-7-17(8-6-15)22-11-9-18(21-22)16-4-3-10-19-12-16/h3-13H,1-2H3,(H,20,23)/t13-/m0/s1. The molecule has 2 aromatic heterocycles. The molecule has 1 aromatic carbocycles. The first-order valence-electron chi connectivity index (χ1n) is 7.47. The third-order valence-electron chi connectivity index (χ3n) is 3.62. The van der Waals surface area contributed by atoms with Gasteiger partial charge in [0.15, 0.2) is 0 Å². The maximum absolute atomic E-state index is 11.1. The largest absolute Gasteiger partial charge is 0.350 e. The van der Waals surface area contributed by atoms with Gasteiger partial charge in [-0.1, -0.05) is 12.1 Å². The molecule has 5 heteroatoms. The van der Waals surface area contributed by atoms with Crippen LogP contribution >= 0.6 is 0 Å². The van der Waals surface area contributed by atoms with Crippen molar-refractivity contribution in [1.82, 2.24) is 20.1 Å². The zero-order valence-electron chi connectivity index (χ0n) is 13.1. The third-order valence-corrected chi connectivity index (χ3v) is 3.62. The molecule has 116 valence electrons. The molecular formula is C18H18N4O. The number of amides is 1. The summed E-state index contributed by atoms with van der Waals surface area (Å²) in [5, 5.41) is 7.46. The molecule has 0 bridgehead atoms. The van der Waals surface area contributed by atoms with Crippen molar-refractivity contribution < 1.29 is 4.79 Å². The van der Waals surface area contributed by atoms with Crippen molar-refractivity contribution in [3.8, 4) is 16.9 Å². The average molecular weight is 306 g/mol. The van der Waals surface area contributed by atoms with Crippen molar-refractivity contribution in [2.75, 3.05) is 0 Å². The minimum absolute atomic E-state index is 0.00914. The second-order valence-electron chi connectivity index (χ2n) is 5.40. The Balaban J connectivity index is 1.80. The van der Waals surface area contributed by atoms with Gasteiger partial charge in [0.1, 0.15) is 0 Å². The number of nitrogens with one attached hydrogen (secondary N) is 1. The van der Waals surface area contributed by atoms with E-state index in [1.165, 1.54) is 6.92 Å². The number of hydrogen-bond donors (Lipinski definition) is 1. The Hall–Kier alpha value is -2.95. The Morgan fingerprint density at radius 2 is 1.96 bits per heavy atom. The first kappa shape index (κ1) is 15.0. The van der Waals surface area contributed by atoms with Crippen LogP contribution in [0.4, 0.5) is 0 Å². The molecule has 1 N–H and O–H groups in total. The van der Waals surface area contributed by atoms with Crippen LogP contribution in [0.5, 0.6) is 0 Å². The first-order chi connectivity index (χ1) is 11.1. The van der Waals surface area contributed by atoms with Gasteiger partial charge in [-0.05, 0) is 42.8 Å². The highest BCUT2D eigenvalue weighted by Crippen LogP contribution is 2.19. The van der Waals surface area contributed by atoms with Gasteiger partial charge < -0.3 is 5.32 Å². The fourth-order valence-corrected chi connectivity index (χ4v) is 2.44. The van der Waals surface area contributed by atoms with E-state index < -0.39 is 0 Å². The molecule has 0 unspecified atom stereocenters. The van der Waals surface area contributed by atoms with Gasteiger partial charge in [0, 0.05) is 31.1 Å². The topological polar surface area (TPSA) is 59.8 Å². The fourth-order valence-electron chi connectivity index (χ4n) is 2.44. The van der Waals surface area contributed by atoms with Gasteiger partial charge >= 0.3 is 0 Å². The summed E-state index contributed by atoms with van der Waals surface area (Å²) in [5.41, 5.74) is 3.90. The van der Waals surface area contributed by atoms with Gasteiger partial charge in [0.05, 0.1) is 17.4 Å². The van der Waals surface area contributed by atoms with E-state index in [9.17, 15) is 4.79 Å². The van der Waals surface area contributed by atoms with Crippen molar-refractivity contribution in [2.24, 2.45) is 0 Å². The molecule has 0 aliphatic carbocycles. The Labute approximate surface area is 135 Å². The number of carbonyl (C=O) groups excluding carboxylic acids is 1. The molecule has 0 saturated carbocycles. The van der Waals surface area contributed by atoms with Gasteiger partial charge in [-0.15, -0.1) is 0 Å². The number of rotatable bonds is 4. The van der Waals surface area contributed by atoms with E-state index in [4.69, 9.17) is 0 Å². The molecule has 5 nitrogen and oxygen atoms in total. The van der Waals surface area contributed by atoms with E-state index in [2.05, 4.69) is 15.4 Å². The summed E-state index contributed by atoms with van der Waals surface area (Å²) in [7, 11) is 0. The second kappa shape index (κ2) is 6.44. The van der Waals surface area contributed by atoms with Crippen LogP contribution < -0.4 is 5.32 Å². The highest BCUT2D eigenvalue weighted by molar-refractivity contribution is 5.73. The quantitative estimate of drug-likeness (QED) is 0.805. The van der Waals surface area contributed by atoms with E-state index in [-0.39, 0.29) is 11.9 Å². The number of nitrogens with zero attached hydrogens (tertiary/aromatic N) is 3. The van der Waals surface area contributed by atoms with E-state index in [0.717, 1.165) is 22.5 Å². The van der Waals surface area contributed by atoms with Crippen molar-refractivity contribution in [2.45, 2.75) is 19.9 Å². The monoisotopic (exact) mass is 306 g/mol. The second-order valence-corrected chi connectivity index (χ2v) is 5.40. The molecule has 0 aliphatic rings. The molecule has 3 rings (SSSR count). The zero-order valence-corrected chi connectivity index (χ0v) is 13.1. The van der Waals surface area contributed by atoms with Crippen LogP contribution in [0.1, 0.15) is 25.5 Å². The van der Waals surface area contributed by atoms with Crippen molar-refractivity contribution in [3.63, 3.8) is 0 Å². The lowest BCUT2D eigenvalue weighted by Gasteiger charge is -2.13. The van der Waals surface area contributed by atoms with Crippen LogP contribution in [0, 0.1) is 0 Å². The molecule has 1 atom stereocenters. The smallest absolute Gasteiger partial charge is 0.217 e. The molecule has 23 heavy (non-hydrogen) atoms. The Bertz CT molecular complexity index is 793. The highest BCUT2D eigenvalue weighted by Gasteiger charge is 2.08. The predicted octanol–water partition coefficient (Wildman–Crippen LogP) is 3.13. The average Bonchev–Trinajstić information content (AvgIpc) is 3.05. The number of benzene rings is 1. The maximum Gasteiger partial charge on any atom is 0.217 e. The Morgan fingerprint density at radius 3 is 2.61 bits per heavy atom. The molecule has 0 saturated heterocycles. The van der Waals surface area contributed by atoms with E-state index in [1.54, 1.807) is 12.4 Å². The van der Waals surface area contributed by atoms with Crippen molar-refractivity contribution >= 4 is 5.91 Å². The Morgan fingerprint density at radius 1 is 1.17 bits per heavy atom. The molecule has 0 aliphatic heterocycles. The zero-order chi connectivity index (χ0) is 16.2. The number of carbonyl (C=O) groups is 1. The lowest BCUT2D eigenvalue weighted by molar-refractivity contribution is -0.119. The molecule has 3 aromatic rings. The normalized spacial score (nSPS) is 11.9. The number of hydrogen-bond acceptors (Lipinski definition) is 3. The molecule has 1 amide bonds. The van der Waals surface area contributed by atoms with Crippen LogP contribution in [-0.4, -0.2) is 20.7 Å². The SMILES string of the molecule is CC(=O)N[C@@H](C)c1ccc(-n2ccc(-c3cccnc3)n2)cc1. The Kier molecular flexibility index (Phi) is 4.19. The molecule has 0 radical (unpaired) electrons. The van der Waals surface area contributed by atoms with Crippen molar-refractivity contribution in [1.29, 1.82) is 0 Å². The molecule has 0 fully saturated rings. The van der Waals surface area contributed by atoms with E-state index in [1.807, 2.05) is 60.3 Å². The predicted molar refractivity (Wildman–Crippen MR) is 89.0 cm³/mol. The maximum atomic E-state index is 11.1. The van der Waals surface area contributed by atoms with Gasteiger partial charge in [-0.2, -0.15) is 5.10 Å². The number of pyridine rings is 1. The number of aromatic nitrogens is 3. The molecular weight excluding hydrogens is 288 g/mol. The summed E-state index contributed by atoms with van der Waals surface area (Å²) < 4.78 is 1.83. The minimum atomic E-state index is -0.0326. The van der Waals surface area contributed by atoms with Crippen molar-refractivity contribution in [3.05, 3.63) is 66.6 Å². The summed E-state index contributed by atoms with van der Waals surface area (Å²) in [6.45, 7) is 3.49. The molecule has 2 heterocycles.